The van der Waals surface area contributed by atoms with Crippen LogP contribution in [-0.4, -0.2) is 30.7 Å². The Morgan fingerprint density at radius 2 is 2.06 bits per heavy atom. The Hall–Kier alpha value is -0.610. The van der Waals surface area contributed by atoms with Crippen molar-refractivity contribution in [3.63, 3.8) is 0 Å². The van der Waals surface area contributed by atoms with E-state index in [1.807, 2.05) is 20.8 Å². The summed E-state index contributed by atoms with van der Waals surface area (Å²) in [4.78, 5) is 11.5. The van der Waals surface area contributed by atoms with Crippen LogP contribution in [0.1, 0.15) is 46.5 Å². The Morgan fingerprint density at radius 3 is 2.53 bits per heavy atom. The van der Waals surface area contributed by atoms with E-state index in [2.05, 4.69) is 5.32 Å². The Kier molecular flexibility index (Phi) is 5.40. The molecule has 1 aliphatic rings. The van der Waals surface area contributed by atoms with Gasteiger partial charge in [0.2, 0.25) is 5.91 Å². The van der Waals surface area contributed by atoms with E-state index >= 15 is 0 Å². The van der Waals surface area contributed by atoms with Crippen LogP contribution in [0.2, 0.25) is 0 Å². The van der Waals surface area contributed by atoms with Gasteiger partial charge in [-0.1, -0.05) is 12.8 Å². The molecular weight excluding hydrogens is 216 g/mol. The molecule has 0 aliphatic heterocycles. The molecule has 1 aliphatic carbocycles. The van der Waals surface area contributed by atoms with Crippen molar-refractivity contribution < 1.29 is 9.53 Å². The number of carbonyl (C=O) groups excluding carboxylic acids is 1. The maximum Gasteiger partial charge on any atom is 0.239 e. The molecule has 0 aromatic heterocycles. The van der Waals surface area contributed by atoms with Crippen molar-refractivity contribution in [1.29, 1.82) is 0 Å². The van der Waals surface area contributed by atoms with E-state index < -0.39 is 5.54 Å². The third kappa shape index (κ3) is 4.64. The van der Waals surface area contributed by atoms with Crippen LogP contribution in [0.3, 0.4) is 0 Å². The quantitative estimate of drug-likeness (QED) is 0.710. The zero-order valence-corrected chi connectivity index (χ0v) is 11.3. The highest BCUT2D eigenvalue weighted by Gasteiger charge is 2.32. The maximum absolute atomic E-state index is 11.5. The highest BCUT2D eigenvalue weighted by molar-refractivity contribution is 5.84. The molecule has 0 radical (unpaired) electrons. The monoisotopic (exact) mass is 242 g/mol. The molecule has 1 rings (SSSR count). The summed E-state index contributed by atoms with van der Waals surface area (Å²) in [6.45, 7) is 6.92. The molecule has 0 heterocycles. The average molecular weight is 242 g/mol. The number of primary amides is 1. The molecule has 0 aromatic carbocycles. The van der Waals surface area contributed by atoms with Gasteiger partial charge in [-0.05, 0) is 39.5 Å². The summed E-state index contributed by atoms with van der Waals surface area (Å²) >= 11 is 0. The van der Waals surface area contributed by atoms with Crippen LogP contribution in [0.15, 0.2) is 0 Å². The minimum absolute atomic E-state index is 0.211. The van der Waals surface area contributed by atoms with Crippen molar-refractivity contribution >= 4 is 5.91 Å². The van der Waals surface area contributed by atoms with Gasteiger partial charge in [0.15, 0.2) is 0 Å². The fourth-order valence-electron chi connectivity index (χ4n) is 2.43. The SMILES string of the molecule is CC(C)NC(C)(COCC1CCCC1)C(N)=O. The molecule has 100 valence electrons. The summed E-state index contributed by atoms with van der Waals surface area (Å²) in [7, 11) is 0. The second kappa shape index (κ2) is 6.36. The predicted octanol–water partition coefficient (Wildman–Crippen LogP) is 1.44. The third-order valence-corrected chi connectivity index (χ3v) is 3.37. The summed E-state index contributed by atoms with van der Waals surface area (Å²) in [6.07, 6.45) is 5.13. The van der Waals surface area contributed by atoms with E-state index in [0.29, 0.717) is 12.5 Å². The largest absolute Gasteiger partial charge is 0.379 e. The van der Waals surface area contributed by atoms with E-state index in [0.717, 1.165) is 6.61 Å². The highest BCUT2D eigenvalue weighted by Crippen LogP contribution is 2.25. The first kappa shape index (κ1) is 14.5. The number of hydrogen-bond acceptors (Lipinski definition) is 3. The van der Waals surface area contributed by atoms with Crippen LogP contribution in [0.5, 0.6) is 0 Å². The molecule has 1 fully saturated rings. The summed E-state index contributed by atoms with van der Waals surface area (Å²) in [5, 5.41) is 3.18. The average Bonchev–Trinajstić information content (AvgIpc) is 2.69. The van der Waals surface area contributed by atoms with Crippen molar-refractivity contribution in [2.45, 2.75) is 58.0 Å². The molecule has 1 unspecified atom stereocenters. The third-order valence-electron chi connectivity index (χ3n) is 3.37. The lowest BCUT2D eigenvalue weighted by molar-refractivity contribution is -0.126. The van der Waals surface area contributed by atoms with Gasteiger partial charge in [0.1, 0.15) is 5.54 Å². The standard InChI is InChI=1S/C13H26N2O2/c1-10(2)15-13(3,12(14)16)9-17-8-11-6-4-5-7-11/h10-11,15H,4-9H2,1-3H3,(H2,14,16). The smallest absolute Gasteiger partial charge is 0.239 e. The fourth-order valence-corrected chi connectivity index (χ4v) is 2.43. The van der Waals surface area contributed by atoms with Gasteiger partial charge in [0, 0.05) is 12.6 Å². The van der Waals surface area contributed by atoms with Crippen molar-refractivity contribution in [2.24, 2.45) is 11.7 Å². The summed E-state index contributed by atoms with van der Waals surface area (Å²) in [5.74, 6) is 0.323. The summed E-state index contributed by atoms with van der Waals surface area (Å²) in [5.41, 5.74) is 4.67. The Balaban J connectivity index is 2.35. The van der Waals surface area contributed by atoms with Crippen LogP contribution in [0, 0.1) is 5.92 Å². The first-order valence-corrected chi connectivity index (χ1v) is 6.59. The molecule has 0 saturated heterocycles. The second-order valence-corrected chi connectivity index (χ2v) is 5.66. The van der Waals surface area contributed by atoms with E-state index in [1.54, 1.807) is 0 Å². The Morgan fingerprint density at radius 1 is 1.47 bits per heavy atom. The van der Waals surface area contributed by atoms with Crippen molar-refractivity contribution in [3.05, 3.63) is 0 Å². The number of rotatable bonds is 7. The molecule has 0 aromatic rings. The zero-order valence-electron chi connectivity index (χ0n) is 11.3. The molecular formula is C13H26N2O2. The second-order valence-electron chi connectivity index (χ2n) is 5.66. The summed E-state index contributed by atoms with van der Waals surface area (Å²) in [6, 6.07) is 0.211. The highest BCUT2D eigenvalue weighted by atomic mass is 16.5. The Bertz CT molecular complexity index is 250. The molecule has 1 saturated carbocycles. The minimum atomic E-state index is -0.757. The normalized spacial score (nSPS) is 20.7. The summed E-state index contributed by atoms with van der Waals surface area (Å²) < 4.78 is 5.68. The van der Waals surface area contributed by atoms with E-state index in [4.69, 9.17) is 10.5 Å². The predicted molar refractivity (Wildman–Crippen MR) is 68.6 cm³/mol. The van der Waals surface area contributed by atoms with Crippen LogP contribution >= 0.6 is 0 Å². The number of amides is 1. The number of carbonyl (C=O) groups is 1. The fraction of sp³-hybridized carbons (Fsp3) is 0.923. The minimum Gasteiger partial charge on any atom is -0.379 e. The molecule has 4 heteroatoms. The van der Waals surface area contributed by atoms with Crippen molar-refractivity contribution in [3.8, 4) is 0 Å². The lowest BCUT2D eigenvalue weighted by Crippen LogP contribution is -2.58. The molecule has 0 spiro atoms. The zero-order chi connectivity index (χ0) is 12.9. The van der Waals surface area contributed by atoms with Crippen molar-refractivity contribution in [2.75, 3.05) is 13.2 Å². The maximum atomic E-state index is 11.5. The number of ether oxygens (including phenoxy) is 1. The van der Waals surface area contributed by atoms with E-state index in [-0.39, 0.29) is 11.9 Å². The van der Waals surface area contributed by atoms with Gasteiger partial charge in [-0.3, -0.25) is 10.1 Å². The van der Waals surface area contributed by atoms with E-state index in [1.165, 1.54) is 25.7 Å². The van der Waals surface area contributed by atoms with Crippen LogP contribution in [0.25, 0.3) is 0 Å². The van der Waals surface area contributed by atoms with Crippen molar-refractivity contribution in [1.82, 2.24) is 5.32 Å². The Labute approximate surface area is 104 Å². The van der Waals surface area contributed by atoms with Crippen LogP contribution in [-0.2, 0) is 9.53 Å². The number of nitrogens with two attached hydrogens (primary N) is 1. The van der Waals surface area contributed by atoms with Gasteiger partial charge in [-0.15, -0.1) is 0 Å². The lowest BCUT2D eigenvalue weighted by Gasteiger charge is -2.30. The molecule has 3 N–H and O–H groups in total. The number of nitrogens with one attached hydrogen (secondary N) is 1. The first-order valence-electron chi connectivity index (χ1n) is 6.59. The first-order chi connectivity index (χ1) is 7.94. The molecule has 17 heavy (non-hydrogen) atoms. The van der Waals surface area contributed by atoms with Crippen LogP contribution < -0.4 is 11.1 Å². The molecule has 1 amide bonds. The lowest BCUT2D eigenvalue weighted by atomic mass is 10.0. The molecule has 4 nitrogen and oxygen atoms in total. The van der Waals surface area contributed by atoms with Gasteiger partial charge in [-0.2, -0.15) is 0 Å². The topological polar surface area (TPSA) is 64.3 Å². The van der Waals surface area contributed by atoms with E-state index in [9.17, 15) is 4.79 Å². The van der Waals surface area contributed by atoms with Gasteiger partial charge in [0.25, 0.3) is 0 Å². The van der Waals surface area contributed by atoms with Gasteiger partial charge < -0.3 is 10.5 Å². The van der Waals surface area contributed by atoms with Crippen LogP contribution in [0.4, 0.5) is 0 Å². The molecule has 0 bridgehead atoms. The van der Waals surface area contributed by atoms with Gasteiger partial charge in [0.05, 0.1) is 6.61 Å². The number of hydrogen-bond donors (Lipinski definition) is 2. The van der Waals surface area contributed by atoms with Gasteiger partial charge >= 0.3 is 0 Å². The molecule has 1 atom stereocenters. The van der Waals surface area contributed by atoms with Gasteiger partial charge in [-0.25, -0.2) is 0 Å².